The van der Waals surface area contributed by atoms with Crippen LogP contribution in [-0.4, -0.2) is 58.8 Å². The molecule has 2 aliphatic rings. The molecule has 1 saturated heterocycles. The van der Waals surface area contributed by atoms with Gasteiger partial charge >= 0.3 is 0 Å². The third-order valence-corrected chi connectivity index (χ3v) is 7.13. The molecule has 180 valence electrons. The summed E-state index contributed by atoms with van der Waals surface area (Å²) in [4.78, 5) is 41.0. The van der Waals surface area contributed by atoms with E-state index in [1.807, 2.05) is 0 Å². The second-order valence-corrected chi connectivity index (χ2v) is 9.51. The van der Waals surface area contributed by atoms with Crippen LogP contribution in [-0.2, 0) is 4.79 Å². The van der Waals surface area contributed by atoms with Gasteiger partial charge in [0.05, 0.1) is 11.0 Å². The van der Waals surface area contributed by atoms with Gasteiger partial charge in [-0.1, -0.05) is 30.5 Å². The quantitative estimate of drug-likeness (QED) is 0.480. The second-order valence-electron chi connectivity index (χ2n) is 9.07. The molecule has 0 radical (unpaired) electrons. The summed E-state index contributed by atoms with van der Waals surface area (Å²) in [6, 6.07) is 11.4. The number of rotatable bonds is 6. The molecule has 34 heavy (non-hydrogen) atoms. The highest BCUT2D eigenvalue weighted by Gasteiger charge is 2.37. The standard InChI is InChI=1S/C25H29ClN4O4/c1-17-6-7-19(16-22(17)30(33)34)25(32)29-14-12-28(13-15-29)23(18-4-2-3-5-18)24(31)27-21-10-8-20(26)9-11-21/h6-11,16,18,23H,2-5,12-15H2,1H3,(H,27,31)/t23-/m0/s1. The van der Waals surface area contributed by atoms with E-state index in [1.165, 1.54) is 6.07 Å². The number of hydrogen-bond acceptors (Lipinski definition) is 5. The van der Waals surface area contributed by atoms with Gasteiger partial charge in [-0.3, -0.25) is 24.6 Å². The number of halogens is 1. The molecule has 9 heteroatoms. The van der Waals surface area contributed by atoms with E-state index < -0.39 is 4.92 Å². The summed E-state index contributed by atoms with van der Waals surface area (Å²) in [6.07, 6.45) is 4.29. The van der Waals surface area contributed by atoms with Crippen molar-refractivity contribution in [1.82, 2.24) is 9.80 Å². The molecule has 0 aromatic heterocycles. The lowest BCUT2D eigenvalue weighted by atomic mass is 9.94. The first-order chi connectivity index (χ1) is 16.3. The van der Waals surface area contributed by atoms with Crippen LogP contribution >= 0.6 is 11.6 Å². The van der Waals surface area contributed by atoms with Crippen molar-refractivity contribution in [2.75, 3.05) is 31.5 Å². The molecule has 0 spiro atoms. The monoisotopic (exact) mass is 484 g/mol. The molecule has 2 aromatic rings. The predicted octanol–water partition coefficient (Wildman–Crippen LogP) is 4.51. The molecule has 2 aromatic carbocycles. The third kappa shape index (κ3) is 5.39. The molecule has 1 aliphatic carbocycles. The average Bonchev–Trinajstić information content (AvgIpc) is 3.35. The van der Waals surface area contributed by atoms with E-state index in [1.54, 1.807) is 48.2 Å². The number of hydrogen-bond donors (Lipinski definition) is 1. The number of amides is 2. The minimum absolute atomic E-state index is 0.0249. The number of nitro benzene ring substituents is 1. The second kappa shape index (κ2) is 10.5. The first-order valence-electron chi connectivity index (χ1n) is 11.7. The van der Waals surface area contributed by atoms with Crippen LogP contribution in [0.15, 0.2) is 42.5 Å². The fourth-order valence-electron chi connectivity index (χ4n) is 5.03. The lowest BCUT2D eigenvalue weighted by Gasteiger charge is -2.40. The molecule has 2 fully saturated rings. The normalized spacial score (nSPS) is 18.0. The molecule has 1 aliphatic heterocycles. The van der Waals surface area contributed by atoms with Gasteiger partial charge in [0.2, 0.25) is 5.91 Å². The molecule has 8 nitrogen and oxygen atoms in total. The van der Waals surface area contributed by atoms with Gasteiger partial charge in [-0.15, -0.1) is 0 Å². The molecule has 2 amide bonds. The number of anilines is 1. The van der Waals surface area contributed by atoms with E-state index in [9.17, 15) is 19.7 Å². The number of piperazine rings is 1. The van der Waals surface area contributed by atoms with Gasteiger partial charge in [-0.25, -0.2) is 0 Å². The largest absolute Gasteiger partial charge is 0.336 e. The van der Waals surface area contributed by atoms with E-state index in [0.717, 1.165) is 25.7 Å². The molecule has 1 saturated carbocycles. The Bertz CT molecular complexity index is 1060. The van der Waals surface area contributed by atoms with Crippen molar-refractivity contribution in [3.63, 3.8) is 0 Å². The Balaban J connectivity index is 1.44. The zero-order valence-electron chi connectivity index (χ0n) is 19.2. The molecule has 1 N–H and O–H groups in total. The van der Waals surface area contributed by atoms with Gasteiger partial charge in [0, 0.05) is 54.1 Å². The number of carbonyl (C=O) groups is 2. The highest BCUT2D eigenvalue weighted by atomic mass is 35.5. The van der Waals surface area contributed by atoms with E-state index >= 15 is 0 Å². The summed E-state index contributed by atoms with van der Waals surface area (Å²) in [7, 11) is 0. The minimum atomic E-state index is -0.463. The van der Waals surface area contributed by atoms with Gasteiger partial charge in [-0.05, 0) is 56.0 Å². The molecule has 4 rings (SSSR count). The van der Waals surface area contributed by atoms with Crippen molar-refractivity contribution in [3.05, 3.63) is 68.7 Å². The van der Waals surface area contributed by atoms with Crippen LogP contribution in [0, 0.1) is 23.0 Å². The predicted molar refractivity (Wildman–Crippen MR) is 131 cm³/mol. The zero-order chi connectivity index (χ0) is 24.2. The van der Waals surface area contributed by atoms with E-state index in [2.05, 4.69) is 10.2 Å². The summed E-state index contributed by atoms with van der Waals surface area (Å²) in [5, 5.41) is 14.9. The Morgan fingerprint density at radius 1 is 1.06 bits per heavy atom. The Labute approximate surface area is 204 Å². The summed E-state index contributed by atoms with van der Waals surface area (Å²) >= 11 is 5.96. The maximum absolute atomic E-state index is 13.3. The number of nitrogens with zero attached hydrogens (tertiary/aromatic N) is 3. The first kappa shape index (κ1) is 24.2. The van der Waals surface area contributed by atoms with Crippen LogP contribution in [0.1, 0.15) is 41.6 Å². The fraction of sp³-hybridized carbons (Fsp3) is 0.440. The SMILES string of the molecule is Cc1ccc(C(=O)N2CCN([C@H](C(=O)Nc3ccc(Cl)cc3)C3CCCC3)CC2)cc1[N+](=O)[O-]. The third-order valence-electron chi connectivity index (χ3n) is 6.87. The number of aryl methyl sites for hydroxylation is 1. The topological polar surface area (TPSA) is 95.8 Å². The van der Waals surface area contributed by atoms with E-state index in [0.29, 0.717) is 48.0 Å². The van der Waals surface area contributed by atoms with Crippen LogP contribution in [0.2, 0.25) is 5.02 Å². The van der Waals surface area contributed by atoms with Gasteiger partial charge in [0.15, 0.2) is 0 Å². The smallest absolute Gasteiger partial charge is 0.273 e. The summed E-state index contributed by atoms with van der Waals surface area (Å²) < 4.78 is 0. The number of benzene rings is 2. The van der Waals surface area contributed by atoms with Gasteiger partial charge in [-0.2, -0.15) is 0 Å². The summed E-state index contributed by atoms with van der Waals surface area (Å²) in [6.45, 7) is 3.75. The number of carbonyl (C=O) groups excluding carboxylic acids is 2. The maximum Gasteiger partial charge on any atom is 0.273 e. The molecule has 0 unspecified atom stereocenters. The van der Waals surface area contributed by atoms with Gasteiger partial charge in [0.25, 0.3) is 11.6 Å². The lowest BCUT2D eigenvalue weighted by Crippen LogP contribution is -2.56. The van der Waals surface area contributed by atoms with Crippen molar-refractivity contribution in [2.45, 2.75) is 38.6 Å². The van der Waals surface area contributed by atoms with Crippen molar-refractivity contribution in [1.29, 1.82) is 0 Å². The average molecular weight is 485 g/mol. The van der Waals surface area contributed by atoms with Crippen LogP contribution in [0.25, 0.3) is 0 Å². The Morgan fingerprint density at radius 3 is 2.32 bits per heavy atom. The van der Waals surface area contributed by atoms with Crippen LogP contribution < -0.4 is 5.32 Å². The minimum Gasteiger partial charge on any atom is -0.336 e. The molecule has 0 bridgehead atoms. The van der Waals surface area contributed by atoms with Crippen LogP contribution in [0.3, 0.4) is 0 Å². The van der Waals surface area contributed by atoms with Gasteiger partial charge < -0.3 is 10.2 Å². The van der Waals surface area contributed by atoms with Crippen molar-refractivity contribution in [3.8, 4) is 0 Å². The van der Waals surface area contributed by atoms with Crippen LogP contribution in [0.4, 0.5) is 11.4 Å². The molecule has 1 heterocycles. The molecular weight excluding hydrogens is 456 g/mol. The number of nitrogens with one attached hydrogen (secondary N) is 1. The number of nitro groups is 1. The highest BCUT2D eigenvalue weighted by Crippen LogP contribution is 2.32. The lowest BCUT2D eigenvalue weighted by molar-refractivity contribution is -0.385. The Kier molecular flexibility index (Phi) is 7.48. The van der Waals surface area contributed by atoms with Crippen LogP contribution in [0.5, 0.6) is 0 Å². The maximum atomic E-state index is 13.3. The van der Waals surface area contributed by atoms with E-state index in [4.69, 9.17) is 11.6 Å². The zero-order valence-corrected chi connectivity index (χ0v) is 20.0. The molecular formula is C25H29ClN4O4. The van der Waals surface area contributed by atoms with Gasteiger partial charge in [0.1, 0.15) is 0 Å². The van der Waals surface area contributed by atoms with E-state index in [-0.39, 0.29) is 29.5 Å². The summed E-state index contributed by atoms with van der Waals surface area (Å²) in [5.74, 6) is 0.0447. The highest BCUT2D eigenvalue weighted by molar-refractivity contribution is 6.30. The first-order valence-corrected chi connectivity index (χ1v) is 12.1. The van der Waals surface area contributed by atoms with Crippen molar-refractivity contribution in [2.24, 2.45) is 5.92 Å². The Hall–Kier alpha value is -2.97. The Morgan fingerprint density at radius 2 is 1.71 bits per heavy atom. The fourth-order valence-corrected chi connectivity index (χ4v) is 5.15. The summed E-state index contributed by atoms with van der Waals surface area (Å²) in [5.41, 5.74) is 1.51. The van der Waals surface area contributed by atoms with Crippen molar-refractivity contribution < 1.29 is 14.5 Å². The van der Waals surface area contributed by atoms with Crippen molar-refractivity contribution >= 4 is 34.8 Å². The molecule has 1 atom stereocenters.